The van der Waals surface area contributed by atoms with Crippen molar-refractivity contribution >= 4 is 17.7 Å². The number of nitrogens with zero attached hydrogens (tertiary/aromatic N) is 1. The maximum Gasteiger partial charge on any atom is 0.255 e. The number of fused-ring (bicyclic) bond motifs is 1. The van der Waals surface area contributed by atoms with Gasteiger partial charge in [0.25, 0.3) is 5.91 Å². The first-order valence-electron chi connectivity index (χ1n) is 11.3. The third kappa shape index (κ3) is 4.18. The minimum absolute atomic E-state index is 0.128. The Bertz CT molecular complexity index is 1040. The van der Waals surface area contributed by atoms with Gasteiger partial charge in [0, 0.05) is 37.7 Å². The van der Waals surface area contributed by atoms with Crippen LogP contribution >= 0.6 is 0 Å². The number of carbonyl (C=O) groups excluding carboxylic acids is 3. The SMILES string of the molecule is O=C1CCC(N2Cc3cc(CN[C@@H]4CNC[C@@H]4Cc4ccccc4)ccc3C2=O)C(=O)N1. The molecule has 3 N–H and O–H groups in total. The second kappa shape index (κ2) is 8.84. The van der Waals surface area contributed by atoms with Gasteiger partial charge in [-0.2, -0.15) is 0 Å². The van der Waals surface area contributed by atoms with E-state index in [1.54, 1.807) is 4.90 Å². The summed E-state index contributed by atoms with van der Waals surface area (Å²) >= 11 is 0. The van der Waals surface area contributed by atoms with Crippen LogP contribution in [0.25, 0.3) is 0 Å². The van der Waals surface area contributed by atoms with E-state index in [0.29, 0.717) is 30.5 Å². The highest BCUT2D eigenvalue weighted by atomic mass is 16.2. The summed E-state index contributed by atoms with van der Waals surface area (Å²) in [7, 11) is 0. The molecule has 2 aromatic carbocycles. The first-order chi connectivity index (χ1) is 15.6. The van der Waals surface area contributed by atoms with Crippen LogP contribution in [0.1, 0.15) is 39.9 Å². The number of piperidine rings is 1. The van der Waals surface area contributed by atoms with E-state index in [-0.39, 0.29) is 24.1 Å². The quantitative estimate of drug-likeness (QED) is 0.600. The molecule has 3 amide bonds. The van der Waals surface area contributed by atoms with Gasteiger partial charge in [0.15, 0.2) is 0 Å². The van der Waals surface area contributed by atoms with E-state index in [1.807, 2.05) is 18.2 Å². The highest BCUT2D eigenvalue weighted by molar-refractivity contribution is 6.05. The van der Waals surface area contributed by atoms with E-state index in [1.165, 1.54) is 5.56 Å². The van der Waals surface area contributed by atoms with E-state index < -0.39 is 6.04 Å². The number of imide groups is 1. The molecule has 3 heterocycles. The molecule has 0 bridgehead atoms. The summed E-state index contributed by atoms with van der Waals surface area (Å²) in [6, 6.07) is 16.3. The van der Waals surface area contributed by atoms with Crippen molar-refractivity contribution in [3.8, 4) is 0 Å². The van der Waals surface area contributed by atoms with Crippen molar-refractivity contribution in [2.75, 3.05) is 13.1 Å². The van der Waals surface area contributed by atoms with Crippen molar-refractivity contribution in [2.45, 2.75) is 44.4 Å². The molecule has 2 aromatic rings. The molecule has 3 atom stereocenters. The topological polar surface area (TPSA) is 90.5 Å². The Morgan fingerprint density at radius 2 is 1.84 bits per heavy atom. The first kappa shape index (κ1) is 20.8. The number of rotatable bonds is 6. The van der Waals surface area contributed by atoms with Gasteiger partial charge in [0.05, 0.1) is 0 Å². The Kier molecular flexibility index (Phi) is 5.76. The largest absolute Gasteiger partial charge is 0.322 e. The van der Waals surface area contributed by atoms with Crippen molar-refractivity contribution in [3.05, 3.63) is 70.8 Å². The van der Waals surface area contributed by atoms with Crippen molar-refractivity contribution in [1.29, 1.82) is 0 Å². The highest BCUT2D eigenvalue weighted by Crippen LogP contribution is 2.28. The molecule has 7 nitrogen and oxygen atoms in total. The molecule has 32 heavy (non-hydrogen) atoms. The number of hydrogen-bond acceptors (Lipinski definition) is 5. The van der Waals surface area contributed by atoms with Gasteiger partial charge in [-0.15, -0.1) is 0 Å². The highest BCUT2D eigenvalue weighted by Gasteiger charge is 2.39. The molecule has 166 valence electrons. The van der Waals surface area contributed by atoms with Crippen molar-refractivity contribution in [2.24, 2.45) is 5.92 Å². The zero-order valence-electron chi connectivity index (χ0n) is 18.0. The third-order valence-electron chi connectivity index (χ3n) is 6.84. The average Bonchev–Trinajstić information content (AvgIpc) is 3.37. The number of nitrogens with one attached hydrogen (secondary N) is 3. The summed E-state index contributed by atoms with van der Waals surface area (Å²) in [4.78, 5) is 38.1. The minimum atomic E-state index is -0.572. The number of carbonyl (C=O) groups is 3. The molecular weight excluding hydrogens is 404 g/mol. The van der Waals surface area contributed by atoms with Crippen LogP contribution in [-0.4, -0.2) is 47.8 Å². The summed E-state index contributed by atoms with van der Waals surface area (Å²) < 4.78 is 0. The number of hydrogen-bond donors (Lipinski definition) is 3. The molecule has 7 heteroatoms. The molecule has 5 rings (SSSR count). The fourth-order valence-electron chi connectivity index (χ4n) is 5.09. The van der Waals surface area contributed by atoms with E-state index >= 15 is 0 Å². The summed E-state index contributed by atoms with van der Waals surface area (Å²) in [5.74, 6) is -0.230. The lowest BCUT2D eigenvalue weighted by molar-refractivity contribution is -0.136. The molecule has 1 unspecified atom stereocenters. The normalized spacial score (nSPS) is 25.2. The standard InChI is InChI=1S/C25H28N4O3/c30-23-9-8-22(24(31)28-23)29-15-19-11-17(6-7-20(19)25(29)32)12-27-21-14-26-13-18(21)10-16-4-2-1-3-5-16/h1-7,11,18,21-22,26-27H,8-10,12-15H2,(H,28,30,31)/t18-,21+,22?/m0/s1. The second-order valence-corrected chi connectivity index (χ2v) is 8.99. The molecule has 0 aliphatic carbocycles. The molecule has 0 aromatic heterocycles. The third-order valence-corrected chi connectivity index (χ3v) is 6.84. The lowest BCUT2D eigenvalue weighted by atomic mass is 9.94. The van der Waals surface area contributed by atoms with Crippen LogP contribution in [0.5, 0.6) is 0 Å². The minimum Gasteiger partial charge on any atom is -0.322 e. The van der Waals surface area contributed by atoms with Gasteiger partial charge in [0.1, 0.15) is 6.04 Å². The van der Waals surface area contributed by atoms with Gasteiger partial charge in [-0.1, -0.05) is 42.5 Å². The van der Waals surface area contributed by atoms with E-state index in [4.69, 9.17) is 0 Å². The molecule has 2 saturated heterocycles. The predicted octanol–water partition coefficient (Wildman–Crippen LogP) is 1.37. The molecular formula is C25H28N4O3. The molecule has 0 saturated carbocycles. The van der Waals surface area contributed by atoms with Gasteiger partial charge in [0.2, 0.25) is 11.8 Å². The zero-order valence-corrected chi connectivity index (χ0v) is 18.0. The Balaban J connectivity index is 1.22. The average molecular weight is 433 g/mol. The smallest absolute Gasteiger partial charge is 0.255 e. The Labute approximate surface area is 187 Å². The molecule has 2 fully saturated rings. The van der Waals surface area contributed by atoms with E-state index in [9.17, 15) is 14.4 Å². The van der Waals surface area contributed by atoms with Crippen LogP contribution in [0.15, 0.2) is 48.5 Å². The summed E-state index contributed by atoms with van der Waals surface area (Å²) in [6.45, 7) is 3.10. The maximum absolute atomic E-state index is 12.9. The lowest BCUT2D eigenvalue weighted by Gasteiger charge is -2.29. The van der Waals surface area contributed by atoms with Crippen molar-refractivity contribution < 1.29 is 14.4 Å². The van der Waals surface area contributed by atoms with Crippen LogP contribution in [0.4, 0.5) is 0 Å². The van der Waals surface area contributed by atoms with Crippen LogP contribution in [0.3, 0.4) is 0 Å². The van der Waals surface area contributed by atoms with Crippen LogP contribution in [0, 0.1) is 5.92 Å². The van der Waals surface area contributed by atoms with Gasteiger partial charge in [-0.25, -0.2) is 0 Å². The summed E-state index contributed by atoms with van der Waals surface area (Å²) in [5.41, 5.74) is 4.09. The Hall–Kier alpha value is -3.03. The zero-order chi connectivity index (χ0) is 22.1. The van der Waals surface area contributed by atoms with Crippen molar-refractivity contribution in [1.82, 2.24) is 20.9 Å². The van der Waals surface area contributed by atoms with Gasteiger partial charge < -0.3 is 15.5 Å². The van der Waals surface area contributed by atoms with Crippen LogP contribution < -0.4 is 16.0 Å². The summed E-state index contributed by atoms with van der Waals surface area (Å²) in [5, 5.41) is 9.54. The fourth-order valence-corrected chi connectivity index (χ4v) is 5.09. The van der Waals surface area contributed by atoms with Gasteiger partial charge in [-0.05, 0) is 48.1 Å². The second-order valence-electron chi connectivity index (χ2n) is 8.99. The van der Waals surface area contributed by atoms with E-state index in [0.717, 1.165) is 37.2 Å². The first-order valence-corrected chi connectivity index (χ1v) is 11.3. The van der Waals surface area contributed by atoms with E-state index in [2.05, 4.69) is 46.3 Å². The number of amides is 3. The molecule has 0 spiro atoms. The number of benzene rings is 2. The monoisotopic (exact) mass is 432 g/mol. The molecule has 3 aliphatic heterocycles. The lowest BCUT2D eigenvalue weighted by Crippen LogP contribution is -2.52. The fraction of sp³-hybridized carbons (Fsp3) is 0.400. The maximum atomic E-state index is 12.9. The molecule has 0 radical (unpaired) electrons. The Morgan fingerprint density at radius 3 is 2.66 bits per heavy atom. The summed E-state index contributed by atoms with van der Waals surface area (Å²) in [6.07, 6.45) is 1.70. The van der Waals surface area contributed by atoms with Crippen LogP contribution in [0.2, 0.25) is 0 Å². The Morgan fingerprint density at radius 1 is 1.00 bits per heavy atom. The van der Waals surface area contributed by atoms with Crippen molar-refractivity contribution in [3.63, 3.8) is 0 Å². The molecule has 3 aliphatic rings. The van der Waals surface area contributed by atoms with Gasteiger partial charge in [-0.3, -0.25) is 19.7 Å². The van der Waals surface area contributed by atoms with Gasteiger partial charge >= 0.3 is 0 Å². The predicted molar refractivity (Wildman–Crippen MR) is 120 cm³/mol. The van der Waals surface area contributed by atoms with Crippen LogP contribution in [-0.2, 0) is 29.1 Å².